The van der Waals surface area contributed by atoms with Crippen molar-refractivity contribution in [2.45, 2.75) is 32.7 Å². The SMILES string of the molecule is CCC(CC)C(N)c1ccc2c(c1)N(CC(=O)NC)C(=O)CO2. The van der Waals surface area contributed by atoms with Gasteiger partial charge in [-0.15, -0.1) is 0 Å². The van der Waals surface area contributed by atoms with Gasteiger partial charge < -0.3 is 15.8 Å². The monoisotopic (exact) mass is 319 g/mol. The number of nitrogens with two attached hydrogens (primary N) is 1. The molecule has 0 saturated carbocycles. The lowest BCUT2D eigenvalue weighted by atomic mass is 9.89. The van der Waals surface area contributed by atoms with E-state index in [1.165, 1.54) is 4.90 Å². The summed E-state index contributed by atoms with van der Waals surface area (Å²) in [7, 11) is 1.55. The highest BCUT2D eigenvalue weighted by Crippen LogP contribution is 2.36. The number of carbonyl (C=O) groups is 2. The minimum Gasteiger partial charge on any atom is -0.482 e. The Morgan fingerprint density at radius 3 is 2.70 bits per heavy atom. The van der Waals surface area contributed by atoms with Gasteiger partial charge in [-0.05, 0) is 23.6 Å². The Labute approximate surface area is 137 Å². The lowest BCUT2D eigenvalue weighted by molar-refractivity contribution is -0.125. The van der Waals surface area contributed by atoms with E-state index in [1.807, 2.05) is 18.2 Å². The van der Waals surface area contributed by atoms with Gasteiger partial charge in [-0.1, -0.05) is 32.8 Å². The average molecular weight is 319 g/mol. The van der Waals surface area contributed by atoms with Crippen LogP contribution in [0.25, 0.3) is 0 Å². The minimum absolute atomic E-state index is 0.0185. The van der Waals surface area contributed by atoms with Crippen LogP contribution in [0.4, 0.5) is 5.69 Å². The third-order valence-corrected chi connectivity index (χ3v) is 4.45. The highest BCUT2D eigenvalue weighted by atomic mass is 16.5. The lowest BCUT2D eigenvalue weighted by Gasteiger charge is -2.30. The quantitative estimate of drug-likeness (QED) is 0.834. The van der Waals surface area contributed by atoms with Crippen molar-refractivity contribution in [3.63, 3.8) is 0 Å². The van der Waals surface area contributed by atoms with Gasteiger partial charge in [0.05, 0.1) is 5.69 Å². The van der Waals surface area contributed by atoms with Crippen LogP contribution < -0.4 is 20.7 Å². The summed E-state index contributed by atoms with van der Waals surface area (Å²) >= 11 is 0. The van der Waals surface area contributed by atoms with Crippen LogP contribution in [0.3, 0.4) is 0 Å². The van der Waals surface area contributed by atoms with Crippen molar-refractivity contribution in [1.82, 2.24) is 5.32 Å². The third kappa shape index (κ3) is 3.64. The number of hydrogen-bond acceptors (Lipinski definition) is 4. The molecule has 0 bridgehead atoms. The number of nitrogens with one attached hydrogen (secondary N) is 1. The van der Waals surface area contributed by atoms with Crippen LogP contribution in [0.15, 0.2) is 18.2 Å². The highest BCUT2D eigenvalue weighted by molar-refractivity contribution is 6.02. The number of amides is 2. The molecule has 0 saturated heterocycles. The molecular weight excluding hydrogens is 294 g/mol. The number of benzene rings is 1. The maximum atomic E-state index is 12.1. The fraction of sp³-hybridized carbons (Fsp3) is 0.529. The van der Waals surface area contributed by atoms with Crippen molar-refractivity contribution in [3.05, 3.63) is 23.8 Å². The molecule has 1 aromatic carbocycles. The molecule has 0 radical (unpaired) electrons. The van der Waals surface area contributed by atoms with Gasteiger partial charge in [-0.25, -0.2) is 0 Å². The molecule has 1 aromatic rings. The second-order valence-electron chi connectivity index (χ2n) is 5.77. The predicted octanol–water partition coefficient (Wildman–Crippen LogP) is 1.59. The molecule has 0 aliphatic carbocycles. The standard InChI is InChI=1S/C17H25N3O3/c1-4-11(5-2)17(18)12-6-7-14-13(8-12)20(9-15(21)19-3)16(22)10-23-14/h6-8,11,17H,4-5,9-10,18H2,1-3H3,(H,19,21). The molecule has 2 amide bonds. The predicted molar refractivity (Wildman–Crippen MR) is 89.4 cm³/mol. The van der Waals surface area contributed by atoms with E-state index in [2.05, 4.69) is 19.2 Å². The number of anilines is 1. The normalized spacial score (nSPS) is 15.2. The molecule has 2 rings (SSSR count). The third-order valence-electron chi connectivity index (χ3n) is 4.45. The first-order valence-corrected chi connectivity index (χ1v) is 8.05. The molecule has 6 nitrogen and oxygen atoms in total. The van der Waals surface area contributed by atoms with Crippen molar-refractivity contribution in [2.75, 3.05) is 25.1 Å². The Hall–Kier alpha value is -2.08. The second kappa shape index (κ2) is 7.46. The van der Waals surface area contributed by atoms with Gasteiger partial charge in [0.2, 0.25) is 5.91 Å². The van der Waals surface area contributed by atoms with E-state index in [-0.39, 0.29) is 31.0 Å². The lowest BCUT2D eigenvalue weighted by Crippen LogP contribution is -2.44. The van der Waals surface area contributed by atoms with Crippen LogP contribution in [-0.4, -0.2) is 32.0 Å². The number of fused-ring (bicyclic) bond motifs is 1. The number of nitrogens with zero attached hydrogens (tertiary/aromatic N) is 1. The first-order chi connectivity index (χ1) is 11.0. The smallest absolute Gasteiger partial charge is 0.265 e. The van der Waals surface area contributed by atoms with Crippen LogP contribution >= 0.6 is 0 Å². The van der Waals surface area contributed by atoms with Crippen molar-refractivity contribution < 1.29 is 14.3 Å². The van der Waals surface area contributed by atoms with Crippen molar-refractivity contribution in [2.24, 2.45) is 11.7 Å². The maximum absolute atomic E-state index is 12.1. The van der Waals surface area contributed by atoms with E-state index in [0.717, 1.165) is 18.4 Å². The van der Waals surface area contributed by atoms with Gasteiger partial charge in [0.1, 0.15) is 12.3 Å². The van der Waals surface area contributed by atoms with Crippen molar-refractivity contribution in [3.8, 4) is 5.75 Å². The van der Waals surface area contributed by atoms with E-state index >= 15 is 0 Å². The van der Waals surface area contributed by atoms with E-state index < -0.39 is 0 Å². The second-order valence-corrected chi connectivity index (χ2v) is 5.77. The molecule has 0 spiro atoms. The Morgan fingerprint density at radius 2 is 2.09 bits per heavy atom. The summed E-state index contributed by atoms with van der Waals surface area (Å²) in [4.78, 5) is 25.3. The molecule has 0 fully saturated rings. The molecule has 23 heavy (non-hydrogen) atoms. The Balaban J connectivity index is 2.35. The van der Waals surface area contributed by atoms with Gasteiger partial charge in [-0.3, -0.25) is 14.5 Å². The summed E-state index contributed by atoms with van der Waals surface area (Å²) in [6.07, 6.45) is 1.98. The van der Waals surface area contributed by atoms with Crippen molar-refractivity contribution in [1.29, 1.82) is 0 Å². The van der Waals surface area contributed by atoms with E-state index in [9.17, 15) is 9.59 Å². The van der Waals surface area contributed by atoms with Gasteiger partial charge in [-0.2, -0.15) is 0 Å². The topological polar surface area (TPSA) is 84.7 Å². The molecule has 1 heterocycles. The average Bonchev–Trinajstić information content (AvgIpc) is 2.57. The van der Waals surface area contributed by atoms with Gasteiger partial charge in [0, 0.05) is 13.1 Å². The summed E-state index contributed by atoms with van der Waals surface area (Å²) in [5.41, 5.74) is 7.95. The molecule has 126 valence electrons. The van der Waals surface area contributed by atoms with Gasteiger partial charge in [0.25, 0.3) is 5.91 Å². The van der Waals surface area contributed by atoms with Crippen LogP contribution in [0.2, 0.25) is 0 Å². The largest absolute Gasteiger partial charge is 0.482 e. The van der Waals surface area contributed by atoms with Crippen LogP contribution in [-0.2, 0) is 9.59 Å². The summed E-state index contributed by atoms with van der Waals surface area (Å²) in [5, 5.41) is 2.54. The molecule has 0 aromatic heterocycles. The first-order valence-electron chi connectivity index (χ1n) is 8.05. The van der Waals surface area contributed by atoms with Crippen LogP contribution in [0, 0.1) is 5.92 Å². The molecule has 1 aliphatic heterocycles. The molecule has 1 atom stereocenters. The van der Waals surface area contributed by atoms with E-state index in [1.54, 1.807) is 7.05 Å². The van der Waals surface area contributed by atoms with Crippen LogP contribution in [0.5, 0.6) is 5.75 Å². The summed E-state index contributed by atoms with van der Waals surface area (Å²) in [6.45, 7) is 4.17. The summed E-state index contributed by atoms with van der Waals surface area (Å²) in [6, 6.07) is 5.54. The number of hydrogen-bond donors (Lipinski definition) is 2. The molecule has 1 aliphatic rings. The van der Waals surface area contributed by atoms with E-state index in [4.69, 9.17) is 10.5 Å². The van der Waals surface area contributed by atoms with Gasteiger partial charge in [0.15, 0.2) is 6.61 Å². The zero-order valence-electron chi connectivity index (χ0n) is 14.0. The molecule has 6 heteroatoms. The minimum atomic E-state index is -0.227. The number of likely N-dealkylation sites (N-methyl/N-ethyl adjacent to an activating group) is 1. The van der Waals surface area contributed by atoms with Gasteiger partial charge >= 0.3 is 0 Å². The number of rotatable bonds is 6. The fourth-order valence-corrected chi connectivity index (χ4v) is 2.89. The zero-order valence-corrected chi connectivity index (χ0v) is 14.0. The summed E-state index contributed by atoms with van der Waals surface area (Å²) < 4.78 is 5.47. The first kappa shape index (κ1) is 17.3. The Kier molecular flexibility index (Phi) is 5.60. The van der Waals surface area contributed by atoms with Crippen LogP contribution in [0.1, 0.15) is 38.3 Å². The summed E-state index contributed by atoms with van der Waals surface area (Å²) in [5.74, 6) is 0.532. The molecule has 1 unspecified atom stereocenters. The number of carbonyl (C=O) groups excluding carboxylic acids is 2. The zero-order chi connectivity index (χ0) is 17.0. The Bertz CT molecular complexity index is 584. The molecular formula is C17H25N3O3. The Morgan fingerprint density at radius 1 is 1.39 bits per heavy atom. The number of ether oxygens (including phenoxy) is 1. The molecule has 3 N–H and O–H groups in total. The maximum Gasteiger partial charge on any atom is 0.265 e. The fourth-order valence-electron chi connectivity index (χ4n) is 2.89. The van der Waals surface area contributed by atoms with Crippen molar-refractivity contribution >= 4 is 17.5 Å². The van der Waals surface area contributed by atoms with E-state index in [0.29, 0.717) is 17.4 Å². The highest BCUT2D eigenvalue weighted by Gasteiger charge is 2.28.